The van der Waals surface area contributed by atoms with Crippen LogP contribution in [0.5, 0.6) is 11.5 Å². The predicted octanol–water partition coefficient (Wildman–Crippen LogP) is 0.394. The Hall–Kier alpha value is -2.35. The molecule has 0 saturated heterocycles. The fourth-order valence-electron chi connectivity index (χ4n) is 1.14. The Morgan fingerprint density at radius 2 is 2.28 bits per heavy atom. The molecule has 0 radical (unpaired) electrons. The van der Waals surface area contributed by atoms with Gasteiger partial charge in [-0.3, -0.25) is 14.9 Å². The van der Waals surface area contributed by atoms with Gasteiger partial charge in [0.2, 0.25) is 0 Å². The van der Waals surface area contributed by atoms with Crippen molar-refractivity contribution in [1.29, 1.82) is 0 Å². The fraction of sp³-hybridized carbons (Fsp3) is 0.300. The van der Waals surface area contributed by atoms with Crippen LogP contribution in [0.15, 0.2) is 18.2 Å². The third-order valence-corrected chi connectivity index (χ3v) is 2.10. The second-order valence-electron chi connectivity index (χ2n) is 3.35. The number of nitrogens with zero attached hydrogens (tertiary/aromatic N) is 1. The molecule has 8 nitrogen and oxygen atoms in total. The fourth-order valence-corrected chi connectivity index (χ4v) is 1.14. The summed E-state index contributed by atoms with van der Waals surface area (Å²) in [6.45, 7) is -0.359. The SMILES string of the molecule is COc1ccc(OCC(N)C(=O)O)c([N+](=O)[O-])c1. The molecule has 0 bridgehead atoms. The first-order valence-electron chi connectivity index (χ1n) is 4.89. The number of carboxylic acids is 1. The number of nitro benzene ring substituents is 1. The number of ether oxygens (including phenoxy) is 2. The summed E-state index contributed by atoms with van der Waals surface area (Å²) in [6, 6.07) is 2.73. The molecule has 1 rings (SSSR count). The van der Waals surface area contributed by atoms with Crippen molar-refractivity contribution >= 4 is 11.7 Å². The molecular formula is C10H12N2O6. The maximum atomic E-state index is 10.8. The highest BCUT2D eigenvalue weighted by Gasteiger charge is 2.19. The Kier molecular flexibility index (Phi) is 4.44. The van der Waals surface area contributed by atoms with Gasteiger partial charge in [-0.2, -0.15) is 0 Å². The van der Waals surface area contributed by atoms with Crippen molar-refractivity contribution in [1.82, 2.24) is 0 Å². The lowest BCUT2D eigenvalue weighted by atomic mass is 10.2. The first-order valence-corrected chi connectivity index (χ1v) is 4.89. The minimum atomic E-state index is -1.24. The third kappa shape index (κ3) is 3.32. The molecule has 0 aliphatic carbocycles. The van der Waals surface area contributed by atoms with Crippen molar-refractivity contribution in [2.75, 3.05) is 13.7 Å². The Morgan fingerprint density at radius 3 is 2.78 bits per heavy atom. The monoisotopic (exact) mass is 256 g/mol. The second-order valence-corrected chi connectivity index (χ2v) is 3.35. The zero-order valence-corrected chi connectivity index (χ0v) is 9.53. The first-order chi connectivity index (χ1) is 8.45. The summed E-state index contributed by atoms with van der Waals surface area (Å²) in [5.74, 6) is -1.000. The first kappa shape index (κ1) is 13.7. The summed E-state index contributed by atoms with van der Waals surface area (Å²) >= 11 is 0. The number of methoxy groups -OCH3 is 1. The Labute approximate surface area is 102 Å². The van der Waals surface area contributed by atoms with Crippen LogP contribution in [0.3, 0.4) is 0 Å². The van der Waals surface area contributed by atoms with E-state index >= 15 is 0 Å². The van der Waals surface area contributed by atoms with Crippen LogP contribution in [-0.4, -0.2) is 35.8 Å². The quantitative estimate of drug-likeness (QED) is 0.557. The predicted molar refractivity (Wildman–Crippen MR) is 60.8 cm³/mol. The lowest BCUT2D eigenvalue weighted by molar-refractivity contribution is -0.385. The summed E-state index contributed by atoms with van der Waals surface area (Å²) in [6.07, 6.45) is 0. The minimum absolute atomic E-state index is 0.0579. The summed E-state index contributed by atoms with van der Waals surface area (Å²) in [5, 5.41) is 19.4. The Morgan fingerprint density at radius 1 is 1.61 bits per heavy atom. The van der Waals surface area contributed by atoms with Gasteiger partial charge in [-0.1, -0.05) is 0 Å². The van der Waals surface area contributed by atoms with Gasteiger partial charge in [-0.15, -0.1) is 0 Å². The highest BCUT2D eigenvalue weighted by molar-refractivity contribution is 5.73. The van der Waals surface area contributed by atoms with Gasteiger partial charge in [0.15, 0.2) is 5.75 Å². The number of hydrogen-bond acceptors (Lipinski definition) is 6. The van der Waals surface area contributed by atoms with E-state index in [2.05, 4.69) is 0 Å². The van der Waals surface area contributed by atoms with E-state index in [4.69, 9.17) is 20.3 Å². The Bertz CT molecular complexity index is 462. The smallest absolute Gasteiger partial charge is 0.324 e. The van der Waals surface area contributed by atoms with E-state index in [-0.39, 0.29) is 18.0 Å². The highest BCUT2D eigenvalue weighted by atomic mass is 16.6. The number of aliphatic carboxylic acids is 1. The largest absolute Gasteiger partial charge is 0.496 e. The average Bonchev–Trinajstić information content (AvgIpc) is 2.35. The van der Waals surface area contributed by atoms with Gasteiger partial charge in [-0.05, 0) is 12.1 Å². The van der Waals surface area contributed by atoms with E-state index in [0.29, 0.717) is 5.75 Å². The van der Waals surface area contributed by atoms with E-state index in [9.17, 15) is 14.9 Å². The number of carboxylic acid groups (broad SMARTS) is 1. The molecule has 0 spiro atoms. The van der Waals surface area contributed by atoms with Gasteiger partial charge in [0.25, 0.3) is 0 Å². The summed E-state index contributed by atoms with van der Waals surface area (Å²) < 4.78 is 9.86. The van der Waals surface area contributed by atoms with Gasteiger partial charge in [-0.25, -0.2) is 0 Å². The number of carbonyl (C=O) groups is 1. The van der Waals surface area contributed by atoms with E-state index < -0.39 is 16.9 Å². The number of nitrogens with two attached hydrogens (primary N) is 1. The van der Waals surface area contributed by atoms with Gasteiger partial charge >= 0.3 is 11.7 Å². The average molecular weight is 256 g/mol. The van der Waals surface area contributed by atoms with Crippen molar-refractivity contribution in [3.8, 4) is 11.5 Å². The van der Waals surface area contributed by atoms with E-state index in [1.54, 1.807) is 0 Å². The lowest BCUT2D eigenvalue weighted by Crippen LogP contribution is -2.36. The topological polar surface area (TPSA) is 125 Å². The van der Waals surface area contributed by atoms with Gasteiger partial charge in [0, 0.05) is 0 Å². The highest BCUT2D eigenvalue weighted by Crippen LogP contribution is 2.30. The van der Waals surface area contributed by atoms with Crippen molar-refractivity contribution in [2.45, 2.75) is 6.04 Å². The van der Waals surface area contributed by atoms with Crippen LogP contribution in [0.1, 0.15) is 0 Å². The van der Waals surface area contributed by atoms with Crippen molar-refractivity contribution in [3.05, 3.63) is 28.3 Å². The van der Waals surface area contributed by atoms with Crippen LogP contribution in [0, 0.1) is 10.1 Å². The molecule has 8 heteroatoms. The number of benzene rings is 1. The summed E-state index contributed by atoms with van der Waals surface area (Å²) in [4.78, 5) is 20.6. The molecule has 1 atom stereocenters. The van der Waals surface area contributed by atoms with Gasteiger partial charge < -0.3 is 20.3 Å². The molecule has 1 aromatic carbocycles. The summed E-state index contributed by atoms with van der Waals surface area (Å²) in [5.41, 5.74) is 4.91. The maximum Gasteiger partial charge on any atom is 0.324 e. The molecule has 1 unspecified atom stereocenters. The Balaban J connectivity index is 2.88. The van der Waals surface area contributed by atoms with Crippen LogP contribution in [0.25, 0.3) is 0 Å². The van der Waals surface area contributed by atoms with Crippen LogP contribution < -0.4 is 15.2 Å². The molecule has 3 N–H and O–H groups in total. The van der Waals surface area contributed by atoms with E-state index in [1.807, 2.05) is 0 Å². The van der Waals surface area contributed by atoms with Crippen LogP contribution >= 0.6 is 0 Å². The van der Waals surface area contributed by atoms with Crippen molar-refractivity contribution < 1.29 is 24.3 Å². The van der Waals surface area contributed by atoms with E-state index in [0.717, 1.165) is 0 Å². The number of nitro groups is 1. The standard InChI is InChI=1S/C10H12N2O6/c1-17-6-2-3-9(8(4-6)12(15)16)18-5-7(11)10(13)14/h2-4,7H,5,11H2,1H3,(H,13,14). The molecule has 0 saturated carbocycles. The summed E-state index contributed by atoms with van der Waals surface area (Å²) in [7, 11) is 1.37. The van der Waals surface area contributed by atoms with Gasteiger partial charge in [0.1, 0.15) is 18.4 Å². The molecule has 1 aromatic rings. The van der Waals surface area contributed by atoms with Gasteiger partial charge in [0.05, 0.1) is 18.1 Å². The van der Waals surface area contributed by atoms with E-state index in [1.165, 1.54) is 25.3 Å². The third-order valence-electron chi connectivity index (χ3n) is 2.10. The number of hydrogen-bond donors (Lipinski definition) is 2. The van der Waals surface area contributed by atoms with Crippen LogP contribution in [-0.2, 0) is 4.79 Å². The van der Waals surface area contributed by atoms with Crippen LogP contribution in [0.2, 0.25) is 0 Å². The molecule has 0 amide bonds. The molecule has 0 aliphatic heterocycles. The molecule has 0 aliphatic rings. The lowest BCUT2D eigenvalue weighted by Gasteiger charge is -2.10. The number of rotatable bonds is 6. The molecule has 0 fully saturated rings. The van der Waals surface area contributed by atoms with Crippen molar-refractivity contribution in [2.24, 2.45) is 5.73 Å². The molecule has 0 heterocycles. The molecule has 98 valence electrons. The molecule has 18 heavy (non-hydrogen) atoms. The molecule has 0 aromatic heterocycles. The van der Waals surface area contributed by atoms with Crippen LogP contribution in [0.4, 0.5) is 5.69 Å². The maximum absolute atomic E-state index is 10.8. The second kappa shape index (κ2) is 5.82. The van der Waals surface area contributed by atoms with Crippen molar-refractivity contribution in [3.63, 3.8) is 0 Å². The normalized spacial score (nSPS) is 11.7. The molecular weight excluding hydrogens is 244 g/mol. The minimum Gasteiger partial charge on any atom is -0.496 e. The zero-order chi connectivity index (χ0) is 13.7. The zero-order valence-electron chi connectivity index (χ0n) is 9.53.